The van der Waals surface area contributed by atoms with Crippen molar-refractivity contribution >= 4 is 15.9 Å². The van der Waals surface area contributed by atoms with E-state index in [0.717, 1.165) is 18.4 Å². The van der Waals surface area contributed by atoms with Crippen LogP contribution in [0.5, 0.6) is 0 Å². The average molecular weight is 268 g/mol. The number of nitrogens with zero attached hydrogens (tertiary/aromatic N) is 1. The number of hydrogen-bond acceptors (Lipinski definition) is 1. The van der Waals surface area contributed by atoms with Gasteiger partial charge in [-0.05, 0) is 29.5 Å². The van der Waals surface area contributed by atoms with Crippen molar-refractivity contribution in [3.8, 4) is 0 Å². The molecule has 0 aliphatic carbocycles. The molecule has 2 rings (SSSR count). The van der Waals surface area contributed by atoms with Crippen molar-refractivity contribution in [1.82, 2.24) is 4.90 Å². The van der Waals surface area contributed by atoms with Crippen molar-refractivity contribution in [1.29, 1.82) is 0 Å². The van der Waals surface area contributed by atoms with Crippen molar-refractivity contribution in [2.75, 3.05) is 13.1 Å². The Bertz CT molecular complexity index is 327. The Balaban J connectivity index is 1.98. The largest absolute Gasteiger partial charge is 0.299 e. The molecule has 0 N–H and O–H groups in total. The number of likely N-dealkylation sites (tertiary alicyclic amines) is 1. The quantitative estimate of drug-likeness (QED) is 0.793. The Labute approximate surface area is 101 Å². The van der Waals surface area contributed by atoms with Crippen LogP contribution in [0.3, 0.4) is 0 Å². The summed E-state index contributed by atoms with van der Waals surface area (Å²) in [5.41, 5.74) is 1.41. The number of hydrogen-bond donors (Lipinski definition) is 0. The molecule has 1 fully saturated rings. The fourth-order valence-corrected chi connectivity index (χ4v) is 2.72. The Morgan fingerprint density at radius 1 is 1.27 bits per heavy atom. The Morgan fingerprint density at radius 2 is 1.93 bits per heavy atom. The van der Waals surface area contributed by atoms with Crippen LogP contribution in [0.15, 0.2) is 28.7 Å². The van der Waals surface area contributed by atoms with Crippen LogP contribution in [0.1, 0.15) is 19.4 Å². The van der Waals surface area contributed by atoms with Crippen LogP contribution in [0.2, 0.25) is 0 Å². The Morgan fingerprint density at radius 3 is 2.53 bits per heavy atom. The smallest absolute Gasteiger partial charge is 0.0234 e. The van der Waals surface area contributed by atoms with E-state index in [2.05, 4.69) is 58.9 Å². The minimum Gasteiger partial charge on any atom is -0.299 e. The summed E-state index contributed by atoms with van der Waals surface area (Å²) < 4.78 is 1.18. The lowest BCUT2D eigenvalue weighted by Crippen LogP contribution is -2.19. The summed E-state index contributed by atoms with van der Waals surface area (Å²) in [5, 5.41) is 0. The predicted molar refractivity (Wildman–Crippen MR) is 67.7 cm³/mol. The first-order valence-corrected chi connectivity index (χ1v) is 6.41. The zero-order valence-corrected chi connectivity index (χ0v) is 11.0. The molecule has 1 aliphatic heterocycles. The minimum atomic E-state index is 0.845. The van der Waals surface area contributed by atoms with Crippen LogP contribution >= 0.6 is 15.9 Å². The molecule has 2 atom stereocenters. The molecule has 0 aromatic heterocycles. The highest BCUT2D eigenvalue weighted by Gasteiger charge is 2.25. The van der Waals surface area contributed by atoms with Gasteiger partial charge in [-0.3, -0.25) is 4.90 Å². The monoisotopic (exact) mass is 267 g/mol. The second-order valence-corrected chi connectivity index (χ2v) is 5.69. The second kappa shape index (κ2) is 4.67. The maximum Gasteiger partial charge on any atom is 0.0234 e. The standard InChI is InChI=1S/C13H18BrN/c1-10-7-15(8-11(10)2)9-12-4-3-5-13(14)6-12/h3-6,10-11H,7-9H2,1-2H3. The molecule has 15 heavy (non-hydrogen) atoms. The van der Waals surface area contributed by atoms with Crippen LogP contribution in [0, 0.1) is 11.8 Å². The van der Waals surface area contributed by atoms with Gasteiger partial charge in [0.05, 0.1) is 0 Å². The van der Waals surface area contributed by atoms with E-state index in [4.69, 9.17) is 0 Å². The summed E-state index contributed by atoms with van der Waals surface area (Å²) >= 11 is 3.52. The highest BCUT2D eigenvalue weighted by molar-refractivity contribution is 9.10. The molecule has 0 bridgehead atoms. The van der Waals surface area contributed by atoms with Gasteiger partial charge < -0.3 is 0 Å². The molecule has 2 heteroatoms. The van der Waals surface area contributed by atoms with E-state index >= 15 is 0 Å². The molecule has 0 radical (unpaired) electrons. The van der Waals surface area contributed by atoms with Gasteiger partial charge in [0.1, 0.15) is 0 Å². The fourth-order valence-electron chi connectivity index (χ4n) is 2.27. The van der Waals surface area contributed by atoms with E-state index in [-0.39, 0.29) is 0 Å². The molecule has 2 unspecified atom stereocenters. The Kier molecular flexibility index (Phi) is 3.47. The number of rotatable bonds is 2. The van der Waals surface area contributed by atoms with Crippen LogP contribution in [-0.2, 0) is 6.54 Å². The summed E-state index contributed by atoms with van der Waals surface area (Å²) in [5.74, 6) is 1.69. The maximum absolute atomic E-state index is 3.52. The molecule has 0 amide bonds. The van der Waals surface area contributed by atoms with Crippen molar-refractivity contribution in [2.24, 2.45) is 11.8 Å². The molecule has 1 aromatic carbocycles. The lowest BCUT2D eigenvalue weighted by molar-refractivity contribution is 0.316. The van der Waals surface area contributed by atoms with Crippen molar-refractivity contribution in [2.45, 2.75) is 20.4 Å². The number of halogens is 1. The van der Waals surface area contributed by atoms with Gasteiger partial charge in [0.25, 0.3) is 0 Å². The lowest BCUT2D eigenvalue weighted by atomic mass is 10.0. The summed E-state index contributed by atoms with van der Waals surface area (Å²) in [6.07, 6.45) is 0. The third-order valence-corrected chi connectivity index (χ3v) is 3.85. The van der Waals surface area contributed by atoms with Gasteiger partial charge in [-0.2, -0.15) is 0 Å². The van der Waals surface area contributed by atoms with Gasteiger partial charge in [-0.15, -0.1) is 0 Å². The molecule has 1 heterocycles. The average Bonchev–Trinajstić information content (AvgIpc) is 2.45. The van der Waals surface area contributed by atoms with E-state index in [1.807, 2.05) is 0 Å². The summed E-state index contributed by atoms with van der Waals surface area (Å²) in [6, 6.07) is 8.62. The van der Waals surface area contributed by atoms with E-state index in [9.17, 15) is 0 Å². The molecule has 1 nitrogen and oxygen atoms in total. The molecular formula is C13H18BrN. The zero-order valence-electron chi connectivity index (χ0n) is 9.41. The normalized spacial score (nSPS) is 27.1. The van der Waals surface area contributed by atoms with Gasteiger partial charge in [-0.25, -0.2) is 0 Å². The second-order valence-electron chi connectivity index (χ2n) is 4.78. The summed E-state index contributed by atoms with van der Waals surface area (Å²) in [6.45, 7) is 8.28. The topological polar surface area (TPSA) is 3.24 Å². The van der Waals surface area contributed by atoms with E-state index in [1.54, 1.807) is 0 Å². The van der Waals surface area contributed by atoms with Crippen LogP contribution in [-0.4, -0.2) is 18.0 Å². The first-order valence-electron chi connectivity index (χ1n) is 5.62. The highest BCUT2D eigenvalue weighted by atomic mass is 79.9. The fraction of sp³-hybridized carbons (Fsp3) is 0.538. The SMILES string of the molecule is CC1CN(Cc2cccc(Br)c2)CC1C. The van der Waals surface area contributed by atoms with E-state index in [0.29, 0.717) is 0 Å². The van der Waals surface area contributed by atoms with Gasteiger partial charge in [0.2, 0.25) is 0 Å². The van der Waals surface area contributed by atoms with Crippen molar-refractivity contribution in [3.63, 3.8) is 0 Å². The van der Waals surface area contributed by atoms with Gasteiger partial charge in [0, 0.05) is 24.1 Å². The van der Waals surface area contributed by atoms with Gasteiger partial charge in [-0.1, -0.05) is 41.9 Å². The molecule has 1 aromatic rings. The van der Waals surface area contributed by atoms with Crippen LogP contribution in [0.25, 0.3) is 0 Å². The molecule has 0 saturated carbocycles. The third-order valence-electron chi connectivity index (χ3n) is 3.36. The Hall–Kier alpha value is -0.340. The first-order chi connectivity index (χ1) is 7.15. The number of benzene rings is 1. The first kappa shape index (κ1) is 11.2. The lowest BCUT2D eigenvalue weighted by Gasteiger charge is -2.15. The van der Waals surface area contributed by atoms with Gasteiger partial charge in [0.15, 0.2) is 0 Å². The van der Waals surface area contributed by atoms with Crippen LogP contribution < -0.4 is 0 Å². The molecule has 82 valence electrons. The molecule has 1 aliphatic rings. The van der Waals surface area contributed by atoms with Gasteiger partial charge >= 0.3 is 0 Å². The van der Waals surface area contributed by atoms with Crippen molar-refractivity contribution < 1.29 is 0 Å². The molecule has 0 spiro atoms. The summed E-state index contributed by atoms with van der Waals surface area (Å²) in [7, 11) is 0. The van der Waals surface area contributed by atoms with Crippen molar-refractivity contribution in [3.05, 3.63) is 34.3 Å². The minimum absolute atomic E-state index is 0.845. The zero-order chi connectivity index (χ0) is 10.8. The maximum atomic E-state index is 3.52. The molecular weight excluding hydrogens is 250 g/mol. The summed E-state index contributed by atoms with van der Waals surface area (Å²) in [4.78, 5) is 2.55. The highest BCUT2D eigenvalue weighted by Crippen LogP contribution is 2.24. The molecule has 1 saturated heterocycles. The predicted octanol–water partition coefficient (Wildman–Crippen LogP) is 3.54. The van der Waals surface area contributed by atoms with E-state index in [1.165, 1.54) is 23.1 Å². The van der Waals surface area contributed by atoms with Crippen LogP contribution in [0.4, 0.5) is 0 Å². The third kappa shape index (κ3) is 2.82. The van der Waals surface area contributed by atoms with E-state index < -0.39 is 0 Å².